The number of benzene rings is 2. The third-order valence-corrected chi connectivity index (χ3v) is 3.85. The van der Waals surface area contributed by atoms with Crippen LogP contribution in [0.4, 0.5) is 0 Å². The minimum absolute atomic E-state index is 0.238. The molecule has 0 saturated carbocycles. The van der Waals surface area contributed by atoms with Crippen molar-refractivity contribution in [2.75, 3.05) is 6.79 Å². The van der Waals surface area contributed by atoms with Crippen molar-refractivity contribution < 1.29 is 19.0 Å². The van der Waals surface area contributed by atoms with Crippen molar-refractivity contribution >= 4 is 5.91 Å². The fourth-order valence-electron chi connectivity index (χ4n) is 2.16. The van der Waals surface area contributed by atoms with Crippen LogP contribution in [0, 0.1) is 0 Å². The first kappa shape index (κ1) is 16.1. The van der Waals surface area contributed by atoms with E-state index in [4.69, 9.17) is 19.9 Å². The summed E-state index contributed by atoms with van der Waals surface area (Å²) in [6, 6.07) is 13.1. The van der Waals surface area contributed by atoms with Crippen LogP contribution in [0.3, 0.4) is 0 Å². The van der Waals surface area contributed by atoms with Crippen LogP contribution < -0.4 is 25.3 Å². The predicted molar refractivity (Wildman–Crippen MR) is 89.2 cm³/mol. The van der Waals surface area contributed by atoms with Gasteiger partial charge in [0.15, 0.2) is 11.5 Å². The van der Waals surface area contributed by atoms with E-state index >= 15 is 0 Å². The number of primary amides is 1. The summed E-state index contributed by atoms with van der Waals surface area (Å²) in [6.45, 7) is 4.29. The molecule has 0 atom stereocenters. The van der Waals surface area contributed by atoms with Gasteiger partial charge in [0.25, 0.3) is 0 Å². The number of carbonyl (C=O) groups excluding carboxylic acids is 1. The number of rotatable bonds is 6. The maximum Gasteiger partial charge on any atom is 0.237 e. The quantitative estimate of drug-likeness (QED) is 0.851. The summed E-state index contributed by atoms with van der Waals surface area (Å²) in [7, 11) is 0. The van der Waals surface area contributed by atoms with Gasteiger partial charge in [0.1, 0.15) is 11.5 Å². The summed E-state index contributed by atoms with van der Waals surface area (Å²) in [5.41, 5.74) is 5.62. The third-order valence-electron chi connectivity index (χ3n) is 3.85. The van der Waals surface area contributed by atoms with Crippen LogP contribution in [-0.4, -0.2) is 18.2 Å². The molecular formula is C18H20N2O4. The van der Waals surface area contributed by atoms with Crippen molar-refractivity contribution in [2.45, 2.75) is 25.9 Å². The van der Waals surface area contributed by atoms with E-state index in [0.717, 1.165) is 11.3 Å². The molecule has 6 nitrogen and oxygen atoms in total. The van der Waals surface area contributed by atoms with Crippen molar-refractivity contribution in [1.29, 1.82) is 0 Å². The van der Waals surface area contributed by atoms with Crippen molar-refractivity contribution in [1.82, 2.24) is 5.32 Å². The van der Waals surface area contributed by atoms with E-state index < -0.39 is 5.54 Å². The number of hydrogen-bond donors (Lipinski definition) is 2. The highest BCUT2D eigenvalue weighted by Gasteiger charge is 2.23. The van der Waals surface area contributed by atoms with Gasteiger partial charge >= 0.3 is 0 Å². The van der Waals surface area contributed by atoms with Gasteiger partial charge in [-0.2, -0.15) is 0 Å². The summed E-state index contributed by atoms with van der Waals surface area (Å²) < 4.78 is 16.4. The van der Waals surface area contributed by atoms with Crippen LogP contribution in [0.25, 0.3) is 0 Å². The van der Waals surface area contributed by atoms with Gasteiger partial charge in [0.05, 0.1) is 5.54 Å². The summed E-state index contributed by atoms with van der Waals surface area (Å²) in [5.74, 6) is 2.42. The molecule has 0 bridgehead atoms. The number of hydrogen-bond acceptors (Lipinski definition) is 5. The average Bonchev–Trinajstić information content (AvgIpc) is 3.02. The van der Waals surface area contributed by atoms with E-state index in [0.29, 0.717) is 23.8 Å². The Labute approximate surface area is 140 Å². The Morgan fingerprint density at radius 2 is 1.79 bits per heavy atom. The minimum atomic E-state index is -0.748. The number of carbonyl (C=O) groups is 1. The van der Waals surface area contributed by atoms with E-state index in [9.17, 15) is 4.79 Å². The molecule has 0 aromatic heterocycles. The SMILES string of the molecule is CC(C)(NCc1ccc(Oc2ccc3c(c2)OCO3)cc1)C(N)=O. The van der Waals surface area contributed by atoms with Crippen LogP contribution in [0.5, 0.6) is 23.0 Å². The Balaban J connectivity index is 1.61. The Morgan fingerprint density at radius 3 is 2.50 bits per heavy atom. The summed E-state index contributed by atoms with van der Waals surface area (Å²) in [4.78, 5) is 11.3. The Morgan fingerprint density at radius 1 is 1.12 bits per heavy atom. The third kappa shape index (κ3) is 3.60. The van der Waals surface area contributed by atoms with E-state index in [1.807, 2.05) is 36.4 Å². The molecule has 1 aliphatic heterocycles. The first-order valence-electron chi connectivity index (χ1n) is 7.65. The fourth-order valence-corrected chi connectivity index (χ4v) is 2.16. The summed E-state index contributed by atoms with van der Waals surface area (Å²) in [6.07, 6.45) is 0. The van der Waals surface area contributed by atoms with Crippen LogP contribution >= 0.6 is 0 Å². The van der Waals surface area contributed by atoms with E-state index in [1.54, 1.807) is 19.9 Å². The second-order valence-corrected chi connectivity index (χ2v) is 6.10. The first-order chi connectivity index (χ1) is 11.4. The average molecular weight is 328 g/mol. The molecule has 1 heterocycles. The molecule has 0 fully saturated rings. The Hall–Kier alpha value is -2.73. The van der Waals surface area contributed by atoms with E-state index in [2.05, 4.69) is 5.32 Å². The Bertz CT molecular complexity index is 741. The summed E-state index contributed by atoms with van der Waals surface area (Å²) in [5, 5.41) is 3.13. The second-order valence-electron chi connectivity index (χ2n) is 6.10. The van der Waals surface area contributed by atoms with Crippen LogP contribution in [0.15, 0.2) is 42.5 Å². The number of fused-ring (bicyclic) bond motifs is 1. The van der Waals surface area contributed by atoms with Gasteiger partial charge in [-0.3, -0.25) is 10.1 Å². The molecular weight excluding hydrogens is 308 g/mol. The van der Waals surface area contributed by atoms with Gasteiger partial charge < -0.3 is 19.9 Å². The molecule has 1 amide bonds. The van der Waals surface area contributed by atoms with Crippen molar-refractivity contribution in [2.24, 2.45) is 5.73 Å². The normalized spacial score (nSPS) is 12.9. The zero-order chi connectivity index (χ0) is 17.2. The molecule has 3 rings (SSSR count). The molecule has 2 aromatic rings. The van der Waals surface area contributed by atoms with Gasteiger partial charge in [-0.15, -0.1) is 0 Å². The van der Waals surface area contributed by atoms with Crippen molar-refractivity contribution in [3.63, 3.8) is 0 Å². The molecule has 2 aromatic carbocycles. The minimum Gasteiger partial charge on any atom is -0.457 e. The maximum absolute atomic E-state index is 11.3. The van der Waals surface area contributed by atoms with Gasteiger partial charge in [0, 0.05) is 12.6 Å². The number of nitrogens with one attached hydrogen (secondary N) is 1. The zero-order valence-corrected chi connectivity index (χ0v) is 13.7. The first-order valence-corrected chi connectivity index (χ1v) is 7.65. The van der Waals surface area contributed by atoms with Crippen LogP contribution in [0.1, 0.15) is 19.4 Å². The van der Waals surface area contributed by atoms with E-state index in [1.165, 1.54) is 0 Å². The molecule has 0 spiro atoms. The maximum atomic E-state index is 11.3. The highest BCUT2D eigenvalue weighted by molar-refractivity contribution is 5.83. The largest absolute Gasteiger partial charge is 0.457 e. The van der Waals surface area contributed by atoms with Gasteiger partial charge in [-0.25, -0.2) is 0 Å². The molecule has 126 valence electrons. The van der Waals surface area contributed by atoms with Crippen molar-refractivity contribution in [3.8, 4) is 23.0 Å². The molecule has 0 unspecified atom stereocenters. The highest BCUT2D eigenvalue weighted by atomic mass is 16.7. The second kappa shape index (κ2) is 6.41. The van der Waals surface area contributed by atoms with Crippen LogP contribution in [0.2, 0.25) is 0 Å². The standard InChI is InChI=1S/C18H20N2O4/c1-18(2,17(19)21)20-10-12-3-5-13(6-4-12)24-14-7-8-15-16(9-14)23-11-22-15/h3-9,20H,10-11H2,1-2H3,(H2,19,21). The highest BCUT2D eigenvalue weighted by Crippen LogP contribution is 2.36. The number of nitrogens with two attached hydrogens (primary N) is 1. The fraction of sp³-hybridized carbons (Fsp3) is 0.278. The van der Waals surface area contributed by atoms with Crippen LogP contribution in [-0.2, 0) is 11.3 Å². The molecule has 6 heteroatoms. The number of amides is 1. The molecule has 0 radical (unpaired) electrons. The van der Waals surface area contributed by atoms with Gasteiger partial charge in [0.2, 0.25) is 12.7 Å². The molecule has 3 N–H and O–H groups in total. The topological polar surface area (TPSA) is 82.8 Å². The molecule has 24 heavy (non-hydrogen) atoms. The summed E-state index contributed by atoms with van der Waals surface area (Å²) >= 11 is 0. The predicted octanol–water partition coefficient (Wildman–Crippen LogP) is 2.56. The smallest absolute Gasteiger partial charge is 0.237 e. The molecule has 1 aliphatic rings. The lowest BCUT2D eigenvalue weighted by atomic mass is 10.0. The molecule has 0 aliphatic carbocycles. The van der Waals surface area contributed by atoms with Gasteiger partial charge in [-0.05, 0) is 43.7 Å². The molecule has 0 saturated heterocycles. The Kier molecular flexibility index (Phi) is 4.31. The lowest BCUT2D eigenvalue weighted by molar-refractivity contribution is -0.123. The van der Waals surface area contributed by atoms with Crippen molar-refractivity contribution in [3.05, 3.63) is 48.0 Å². The van der Waals surface area contributed by atoms with Gasteiger partial charge in [-0.1, -0.05) is 12.1 Å². The van der Waals surface area contributed by atoms with E-state index in [-0.39, 0.29) is 12.7 Å². The lowest BCUT2D eigenvalue weighted by Gasteiger charge is -2.22. The number of ether oxygens (including phenoxy) is 3. The lowest BCUT2D eigenvalue weighted by Crippen LogP contribution is -2.50. The monoisotopic (exact) mass is 328 g/mol. The zero-order valence-electron chi connectivity index (χ0n) is 13.7.